The van der Waals surface area contributed by atoms with Crippen LogP contribution >= 0.6 is 0 Å². The second-order valence-corrected chi connectivity index (χ2v) is 10.7. The number of anilines is 1. The molecule has 2 N–H and O–H groups in total. The molecule has 1 aromatic heterocycles. The molecule has 2 heterocycles. The average Bonchev–Trinajstić information content (AvgIpc) is 3.30. The van der Waals surface area contributed by atoms with Crippen molar-refractivity contribution in [3.63, 3.8) is 0 Å². The Hall–Kier alpha value is -1.73. The van der Waals surface area contributed by atoms with Gasteiger partial charge in [-0.15, -0.1) is 0 Å². The fourth-order valence-electron chi connectivity index (χ4n) is 7.43. The summed E-state index contributed by atoms with van der Waals surface area (Å²) in [6, 6.07) is 0.180. The summed E-state index contributed by atoms with van der Waals surface area (Å²) in [5, 5.41) is 14.3. The molecule has 6 fully saturated rings. The number of hydrogen-bond acceptors (Lipinski definition) is 6. The number of rotatable bonds is 4. The molecule has 6 aliphatic rings. The van der Waals surface area contributed by atoms with E-state index in [1.807, 2.05) is 0 Å². The number of aromatic nitrogens is 2. The van der Waals surface area contributed by atoms with Gasteiger partial charge in [0.05, 0.1) is 30.1 Å². The molecule has 2 atom stereocenters. The lowest BCUT2D eigenvalue weighted by Gasteiger charge is -2.58. The fraction of sp³-hybridized carbons (Fsp3) is 0.792. The molecule has 7 rings (SSSR count). The van der Waals surface area contributed by atoms with E-state index in [1.165, 1.54) is 12.8 Å². The van der Waals surface area contributed by atoms with Crippen LogP contribution in [0.15, 0.2) is 6.20 Å². The van der Waals surface area contributed by atoms with E-state index in [0.717, 1.165) is 69.7 Å². The molecule has 2 unspecified atom stereocenters. The Balaban J connectivity index is 1.25. The van der Waals surface area contributed by atoms with Crippen LogP contribution in [0, 0.1) is 17.8 Å². The normalized spacial score (nSPS) is 37.4. The Morgan fingerprint density at radius 1 is 1.13 bits per heavy atom. The maximum absolute atomic E-state index is 13.5. The van der Waals surface area contributed by atoms with Crippen molar-refractivity contribution in [3.8, 4) is 0 Å². The van der Waals surface area contributed by atoms with E-state index in [-0.39, 0.29) is 11.9 Å². The molecule has 7 nitrogen and oxygen atoms in total. The average molecular weight is 427 g/mol. The zero-order valence-electron chi connectivity index (χ0n) is 18.3. The third-order valence-electron chi connectivity index (χ3n) is 8.62. The lowest BCUT2D eigenvalue weighted by molar-refractivity contribution is -0.136. The summed E-state index contributed by atoms with van der Waals surface area (Å²) in [6.07, 6.45) is 11.3. The number of carbonyl (C=O) groups is 1. The van der Waals surface area contributed by atoms with Gasteiger partial charge in [-0.05, 0) is 62.7 Å². The molecule has 0 aromatic carbocycles. The third-order valence-corrected chi connectivity index (χ3v) is 8.62. The van der Waals surface area contributed by atoms with Crippen LogP contribution in [0.3, 0.4) is 0 Å². The first-order chi connectivity index (χ1) is 15.1. The minimum Gasteiger partial charge on any atom is -0.390 e. The number of hydrogen-bond donors (Lipinski definition) is 2. The molecule has 7 heteroatoms. The van der Waals surface area contributed by atoms with Gasteiger partial charge in [0.2, 0.25) is 5.95 Å². The fourth-order valence-corrected chi connectivity index (χ4v) is 7.43. The molecular weight excluding hydrogens is 392 g/mol. The lowest BCUT2D eigenvalue weighted by atomic mass is 9.52. The molecule has 4 bridgehead atoms. The van der Waals surface area contributed by atoms with E-state index in [1.54, 1.807) is 6.20 Å². The lowest BCUT2D eigenvalue weighted by Crippen LogP contribution is -2.61. The molecule has 1 saturated heterocycles. The standard InChI is InChI=1S/C24H34N4O3/c29-22(26-20-17-9-15-10-18(20)13-24(30,11-15)12-17)19-14-25-23(28-5-7-31-8-6-28)27-21(19)16-3-1-2-4-16/h14-18,20,30H,1-13H2,(H,26,29). The summed E-state index contributed by atoms with van der Waals surface area (Å²) in [7, 11) is 0. The van der Waals surface area contributed by atoms with Crippen LogP contribution in [0.25, 0.3) is 0 Å². The summed E-state index contributed by atoms with van der Waals surface area (Å²) >= 11 is 0. The Morgan fingerprint density at radius 3 is 2.52 bits per heavy atom. The minimum atomic E-state index is -0.477. The summed E-state index contributed by atoms with van der Waals surface area (Å²) < 4.78 is 5.47. The molecule has 31 heavy (non-hydrogen) atoms. The van der Waals surface area contributed by atoms with Gasteiger partial charge in [0.1, 0.15) is 0 Å². The quantitative estimate of drug-likeness (QED) is 0.770. The highest BCUT2D eigenvalue weighted by atomic mass is 16.5. The van der Waals surface area contributed by atoms with Gasteiger partial charge >= 0.3 is 0 Å². The molecule has 5 saturated carbocycles. The highest BCUT2D eigenvalue weighted by Crippen LogP contribution is 2.55. The number of amides is 1. The van der Waals surface area contributed by atoms with Gasteiger partial charge in [0.25, 0.3) is 5.91 Å². The number of ether oxygens (including phenoxy) is 1. The van der Waals surface area contributed by atoms with Gasteiger partial charge in [0, 0.05) is 31.2 Å². The third kappa shape index (κ3) is 3.63. The van der Waals surface area contributed by atoms with Crippen LogP contribution in [0.1, 0.15) is 79.8 Å². The van der Waals surface area contributed by atoms with Crippen LogP contribution in [0.5, 0.6) is 0 Å². The van der Waals surface area contributed by atoms with Crippen LogP contribution in [-0.2, 0) is 4.74 Å². The number of nitrogens with zero attached hydrogens (tertiary/aromatic N) is 3. The maximum atomic E-state index is 13.5. The Kier molecular flexibility index (Phi) is 4.94. The summed E-state index contributed by atoms with van der Waals surface area (Å²) in [5.74, 6) is 2.52. The molecule has 1 aliphatic heterocycles. The van der Waals surface area contributed by atoms with Crippen molar-refractivity contribution in [2.24, 2.45) is 17.8 Å². The zero-order chi connectivity index (χ0) is 21.0. The Bertz CT molecular complexity index is 833. The summed E-state index contributed by atoms with van der Waals surface area (Å²) in [6.45, 7) is 2.99. The molecule has 168 valence electrons. The van der Waals surface area contributed by atoms with Crippen LogP contribution < -0.4 is 10.2 Å². The van der Waals surface area contributed by atoms with Crippen molar-refractivity contribution in [2.45, 2.75) is 75.3 Å². The molecule has 1 amide bonds. The van der Waals surface area contributed by atoms with Gasteiger partial charge in [-0.1, -0.05) is 12.8 Å². The molecular formula is C24H34N4O3. The van der Waals surface area contributed by atoms with Crippen molar-refractivity contribution >= 4 is 11.9 Å². The van der Waals surface area contributed by atoms with Crippen molar-refractivity contribution in [1.82, 2.24) is 15.3 Å². The highest BCUT2D eigenvalue weighted by molar-refractivity contribution is 5.95. The first-order valence-corrected chi connectivity index (χ1v) is 12.3. The Labute approximate surface area is 184 Å². The van der Waals surface area contributed by atoms with Crippen LogP contribution in [-0.4, -0.2) is 58.9 Å². The van der Waals surface area contributed by atoms with Crippen molar-refractivity contribution < 1.29 is 14.6 Å². The number of aliphatic hydroxyl groups is 1. The molecule has 0 spiro atoms. The summed E-state index contributed by atoms with van der Waals surface area (Å²) in [4.78, 5) is 25.2. The minimum absolute atomic E-state index is 0.0140. The van der Waals surface area contributed by atoms with Gasteiger partial charge in [-0.2, -0.15) is 0 Å². The monoisotopic (exact) mass is 426 g/mol. The van der Waals surface area contributed by atoms with Crippen molar-refractivity contribution in [3.05, 3.63) is 17.5 Å². The van der Waals surface area contributed by atoms with E-state index in [9.17, 15) is 9.90 Å². The second kappa shape index (κ2) is 7.69. The van der Waals surface area contributed by atoms with E-state index >= 15 is 0 Å². The van der Waals surface area contributed by atoms with Gasteiger partial charge in [-0.3, -0.25) is 4.79 Å². The van der Waals surface area contributed by atoms with E-state index in [4.69, 9.17) is 9.72 Å². The van der Waals surface area contributed by atoms with Gasteiger partial charge in [-0.25, -0.2) is 9.97 Å². The predicted octanol–water partition coefficient (Wildman–Crippen LogP) is 2.64. The van der Waals surface area contributed by atoms with E-state index < -0.39 is 5.60 Å². The Morgan fingerprint density at radius 2 is 1.84 bits per heavy atom. The first-order valence-electron chi connectivity index (χ1n) is 12.3. The maximum Gasteiger partial charge on any atom is 0.254 e. The summed E-state index contributed by atoms with van der Waals surface area (Å²) in [5.41, 5.74) is 1.13. The smallest absolute Gasteiger partial charge is 0.254 e. The van der Waals surface area contributed by atoms with Crippen LogP contribution in [0.2, 0.25) is 0 Å². The highest BCUT2D eigenvalue weighted by Gasteiger charge is 2.55. The predicted molar refractivity (Wildman–Crippen MR) is 116 cm³/mol. The topological polar surface area (TPSA) is 87.6 Å². The van der Waals surface area contributed by atoms with Crippen molar-refractivity contribution in [1.29, 1.82) is 0 Å². The molecule has 5 aliphatic carbocycles. The van der Waals surface area contributed by atoms with Crippen molar-refractivity contribution in [2.75, 3.05) is 31.2 Å². The van der Waals surface area contributed by atoms with E-state index in [0.29, 0.717) is 42.4 Å². The second-order valence-electron chi connectivity index (χ2n) is 10.7. The number of carbonyl (C=O) groups excluding carboxylic acids is 1. The SMILES string of the molecule is O=C(NC1C2CC3CC1CC(O)(C3)C2)c1cnc(N2CCOCC2)nc1C1CCCC1. The first kappa shape index (κ1) is 19.9. The molecule has 1 aromatic rings. The van der Waals surface area contributed by atoms with Gasteiger partial charge in [0.15, 0.2) is 0 Å². The van der Waals surface area contributed by atoms with E-state index in [2.05, 4.69) is 15.2 Å². The largest absolute Gasteiger partial charge is 0.390 e. The zero-order valence-corrected chi connectivity index (χ0v) is 18.3. The van der Waals surface area contributed by atoms with Gasteiger partial charge < -0.3 is 20.1 Å². The number of nitrogens with one attached hydrogen (secondary N) is 1. The number of morpholine rings is 1. The van der Waals surface area contributed by atoms with Crippen LogP contribution in [0.4, 0.5) is 5.95 Å². The molecule has 0 radical (unpaired) electrons.